The SMILES string of the molecule is NC(=O)C1COCCN1Cc1cccc(C#CCCO)c1. The molecule has 21 heavy (non-hydrogen) atoms. The number of morpholine rings is 1. The highest BCUT2D eigenvalue weighted by Gasteiger charge is 2.27. The number of carbonyl (C=O) groups excluding carboxylic acids is 1. The summed E-state index contributed by atoms with van der Waals surface area (Å²) in [5.41, 5.74) is 7.41. The summed E-state index contributed by atoms with van der Waals surface area (Å²) >= 11 is 0. The van der Waals surface area contributed by atoms with Gasteiger partial charge in [0.25, 0.3) is 0 Å². The Balaban J connectivity index is 2.06. The molecule has 1 aromatic rings. The fraction of sp³-hybridized carbons (Fsp3) is 0.438. The van der Waals surface area contributed by atoms with Crippen LogP contribution >= 0.6 is 0 Å². The van der Waals surface area contributed by atoms with E-state index in [-0.39, 0.29) is 18.6 Å². The van der Waals surface area contributed by atoms with Crippen molar-refractivity contribution in [2.45, 2.75) is 19.0 Å². The predicted octanol–water partition coefficient (Wildman–Crippen LogP) is 0.107. The first-order chi connectivity index (χ1) is 10.2. The van der Waals surface area contributed by atoms with Gasteiger partial charge in [-0.2, -0.15) is 0 Å². The minimum atomic E-state index is -0.372. The van der Waals surface area contributed by atoms with E-state index in [1.165, 1.54) is 0 Å². The molecule has 1 fully saturated rings. The molecule has 112 valence electrons. The van der Waals surface area contributed by atoms with Gasteiger partial charge in [0.1, 0.15) is 6.04 Å². The summed E-state index contributed by atoms with van der Waals surface area (Å²) in [6, 6.07) is 7.50. The van der Waals surface area contributed by atoms with E-state index >= 15 is 0 Å². The third-order valence-corrected chi connectivity index (χ3v) is 3.35. The molecule has 3 N–H and O–H groups in total. The van der Waals surface area contributed by atoms with E-state index in [0.29, 0.717) is 32.7 Å². The van der Waals surface area contributed by atoms with Crippen LogP contribution in [-0.4, -0.2) is 48.3 Å². The summed E-state index contributed by atoms with van der Waals surface area (Å²) in [6.07, 6.45) is 0.470. The van der Waals surface area contributed by atoms with Gasteiger partial charge < -0.3 is 15.6 Å². The molecule has 5 heteroatoms. The minimum absolute atomic E-state index is 0.0702. The van der Waals surface area contributed by atoms with Gasteiger partial charge in [-0.15, -0.1) is 0 Å². The number of aliphatic hydroxyl groups excluding tert-OH is 1. The predicted molar refractivity (Wildman–Crippen MR) is 79.2 cm³/mol. The molecule has 1 heterocycles. The van der Waals surface area contributed by atoms with Crippen molar-refractivity contribution in [3.05, 3.63) is 35.4 Å². The maximum atomic E-state index is 11.5. The van der Waals surface area contributed by atoms with Crippen molar-refractivity contribution >= 4 is 5.91 Å². The second-order valence-electron chi connectivity index (χ2n) is 4.94. The lowest BCUT2D eigenvalue weighted by molar-refractivity contribution is -0.129. The van der Waals surface area contributed by atoms with Crippen LogP contribution in [0.3, 0.4) is 0 Å². The monoisotopic (exact) mass is 288 g/mol. The number of rotatable bonds is 4. The highest BCUT2D eigenvalue weighted by atomic mass is 16.5. The van der Waals surface area contributed by atoms with Gasteiger partial charge in [-0.25, -0.2) is 0 Å². The summed E-state index contributed by atoms with van der Waals surface area (Å²) < 4.78 is 5.31. The van der Waals surface area contributed by atoms with Crippen molar-refractivity contribution < 1.29 is 14.6 Å². The van der Waals surface area contributed by atoms with Crippen LogP contribution < -0.4 is 5.73 Å². The van der Waals surface area contributed by atoms with Crippen LogP contribution in [0.25, 0.3) is 0 Å². The molecule has 5 nitrogen and oxygen atoms in total. The molecule has 0 spiro atoms. The van der Waals surface area contributed by atoms with Gasteiger partial charge in [0.2, 0.25) is 5.91 Å². The molecule has 0 bridgehead atoms. The number of hydrogen-bond donors (Lipinski definition) is 2. The van der Waals surface area contributed by atoms with E-state index in [1.807, 2.05) is 29.2 Å². The average Bonchev–Trinajstić information content (AvgIpc) is 2.48. The molecule has 0 aliphatic carbocycles. The molecule has 0 saturated carbocycles. The van der Waals surface area contributed by atoms with Gasteiger partial charge in [0.05, 0.1) is 19.8 Å². The lowest BCUT2D eigenvalue weighted by Gasteiger charge is -2.33. The first-order valence-electron chi connectivity index (χ1n) is 7.00. The molecule has 1 amide bonds. The van der Waals surface area contributed by atoms with Crippen LogP contribution in [0, 0.1) is 11.8 Å². The second-order valence-corrected chi connectivity index (χ2v) is 4.94. The number of hydrogen-bond acceptors (Lipinski definition) is 4. The van der Waals surface area contributed by atoms with Crippen molar-refractivity contribution in [1.82, 2.24) is 4.90 Å². The van der Waals surface area contributed by atoms with Crippen molar-refractivity contribution in [1.29, 1.82) is 0 Å². The van der Waals surface area contributed by atoms with Gasteiger partial charge >= 0.3 is 0 Å². The first-order valence-corrected chi connectivity index (χ1v) is 7.00. The van der Waals surface area contributed by atoms with Crippen molar-refractivity contribution in [3.63, 3.8) is 0 Å². The van der Waals surface area contributed by atoms with E-state index in [2.05, 4.69) is 11.8 Å². The van der Waals surface area contributed by atoms with Gasteiger partial charge in [-0.05, 0) is 17.7 Å². The smallest absolute Gasteiger partial charge is 0.237 e. The third kappa shape index (κ3) is 4.57. The Morgan fingerprint density at radius 1 is 1.52 bits per heavy atom. The van der Waals surface area contributed by atoms with Gasteiger partial charge in [0, 0.05) is 25.1 Å². The van der Waals surface area contributed by atoms with Crippen LogP contribution in [0.2, 0.25) is 0 Å². The van der Waals surface area contributed by atoms with E-state index in [4.69, 9.17) is 15.6 Å². The second kappa shape index (κ2) is 7.79. The Bertz CT molecular complexity index is 548. The van der Waals surface area contributed by atoms with E-state index < -0.39 is 0 Å². The average molecular weight is 288 g/mol. The number of ether oxygens (including phenoxy) is 1. The zero-order chi connectivity index (χ0) is 15.1. The number of primary amides is 1. The maximum absolute atomic E-state index is 11.5. The van der Waals surface area contributed by atoms with Crippen molar-refractivity contribution in [2.24, 2.45) is 5.73 Å². The largest absolute Gasteiger partial charge is 0.395 e. The number of nitrogens with zero attached hydrogens (tertiary/aromatic N) is 1. The van der Waals surface area contributed by atoms with Crippen LogP contribution in [-0.2, 0) is 16.1 Å². The molecular weight excluding hydrogens is 268 g/mol. The fourth-order valence-electron chi connectivity index (χ4n) is 2.29. The van der Waals surface area contributed by atoms with Crippen LogP contribution in [0.4, 0.5) is 0 Å². The summed E-state index contributed by atoms with van der Waals surface area (Å²) in [5, 5.41) is 8.73. The number of carbonyl (C=O) groups is 1. The van der Waals surface area contributed by atoms with Crippen LogP contribution in [0.5, 0.6) is 0 Å². The third-order valence-electron chi connectivity index (χ3n) is 3.35. The maximum Gasteiger partial charge on any atom is 0.237 e. The first kappa shape index (κ1) is 15.5. The highest BCUT2D eigenvalue weighted by Crippen LogP contribution is 2.13. The molecule has 1 unspecified atom stereocenters. The van der Waals surface area contributed by atoms with E-state index in [0.717, 1.165) is 11.1 Å². The normalized spacial score (nSPS) is 18.8. The molecule has 0 aromatic heterocycles. The number of nitrogens with two attached hydrogens (primary N) is 1. The fourth-order valence-corrected chi connectivity index (χ4v) is 2.29. The summed E-state index contributed by atoms with van der Waals surface area (Å²) in [7, 11) is 0. The van der Waals surface area contributed by atoms with Gasteiger partial charge in [-0.1, -0.05) is 24.0 Å². The molecular formula is C16H20N2O3. The Hall–Kier alpha value is -1.87. The molecule has 1 saturated heterocycles. The van der Waals surface area contributed by atoms with Crippen LogP contribution in [0.1, 0.15) is 17.5 Å². The molecule has 1 aliphatic rings. The molecule has 2 rings (SSSR count). The zero-order valence-electron chi connectivity index (χ0n) is 11.9. The number of amides is 1. The van der Waals surface area contributed by atoms with Crippen LogP contribution in [0.15, 0.2) is 24.3 Å². The summed E-state index contributed by atoms with van der Waals surface area (Å²) in [5.74, 6) is 5.56. The Morgan fingerprint density at radius 3 is 3.14 bits per heavy atom. The zero-order valence-corrected chi connectivity index (χ0v) is 11.9. The number of aliphatic hydroxyl groups is 1. The molecule has 1 aliphatic heterocycles. The molecule has 1 aromatic carbocycles. The molecule has 0 radical (unpaired) electrons. The minimum Gasteiger partial charge on any atom is -0.395 e. The Labute approximate surface area is 124 Å². The highest BCUT2D eigenvalue weighted by molar-refractivity contribution is 5.80. The lowest BCUT2D eigenvalue weighted by atomic mass is 10.1. The molecule has 1 atom stereocenters. The summed E-state index contributed by atoms with van der Waals surface area (Å²) in [6.45, 7) is 2.37. The standard InChI is InChI=1S/C16H20N2O3/c17-16(20)15-12-21-9-7-18(15)11-14-6-3-5-13(10-14)4-1-2-8-19/h3,5-6,10,15,19H,2,7-9,11-12H2,(H2,17,20). The van der Waals surface area contributed by atoms with Crippen molar-refractivity contribution in [2.75, 3.05) is 26.4 Å². The Morgan fingerprint density at radius 2 is 2.38 bits per heavy atom. The quantitative estimate of drug-likeness (QED) is 0.771. The van der Waals surface area contributed by atoms with Gasteiger partial charge in [0.15, 0.2) is 0 Å². The van der Waals surface area contributed by atoms with Gasteiger partial charge in [-0.3, -0.25) is 9.69 Å². The summed E-state index contributed by atoms with van der Waals surface area (Å²) in [4.78, 5) is 13.5. The van der Waals surface area contributed by atoms with E-state index in [9.17, 15) is 4.79 Å². The van der Waals surface area contributed by atoms with E-state index in [1.54, 1.807) is 0 Å². The Kier molecular flexibility index (Phi) is 5.76. The topological polar surface area (TPSA) is 75.8 Å². The lowest BCUT2D eigenvalue weighted by Crippen LogP contribution is -2.51. The van der Waals surface area contributed by atoms with Crippen molar-refractivity contribution in [3.8, 4) is 11.8 Å². The number of benzene rings is 1.